The quantitative estimate of drug-likeness (QED) is 0.116. The molecule has 0 saturated carbocycles. The summed E-state index contributed by atoms with van der Waals surface area (Å²) in [6.45, 7) is 8.47. The molecule has 2 fully saturated rings. The van der Waals surface area contributed by atoms with Crippen LogP contribution >= 0.6 is 35.8 Å². The van der Waals surface area contributed by atoms with Crippen molar-refractivity contribution in [3.8, 4) is 22.5 Å². The molecular weight excluding hydrogens is 799 g/mol. The fraction of sp³-hybridized carbons (Fsp3) is 0.475. The number of thiocarbonyl (C=S) groups is 2. The predicted molar refractivity (Wildman–Crippen MR) is 229 cm³/mol. The minimum Gasteiger partial charge on any atom is -0.465 e. The summed E-state index contributed by atoms with van der Waals surface area (Å²) in [5.41, 5.74) is 8.76. The lowest BCUT2D eigenvalue weighted by molar-refractivity contribution is -0.149. The van der Waals surface area contributed by atoms with Gasteiger partial charge >= 0.3 is 12.0 Å². The van der Waals surface area contributed by atoms with Gasteiger partial charge < -0.3 is 28.7 Å². The highest BCUT2D eigenvalue weighted by molar-refractivity contribution is 7.80. The number of likely N-dealkylation sites (tertiary alicyclic amines) is 1. The third kappa shape index (κ3) is 8.41. The molecule has 301 valence electrons. The van der Waals surface area contributed by atoms with Gasteiger partial charge in [-0.25, -0.2) is 9.78 Å². The fourth-order valence-corrected chi connectivity index (χ4v) is 11.4. The van der Waals surface area contributed by atoms with Crippen LogP contribution < -0.4 is 10.4 Å². The number of nitrogens with one attached hydrogen (secondary N) is 2. The number of esters is 1. The molecule has 6 heterocycles. The number of fused-ring (bicyclic) bond motifs is 7. The molecule has 0 aliphatic carbocycles. The second-order valence-corrected chi connectivity index (χ2v) is 19.1. The number of cyclic esters (lactones) is 1. The standard InChI is InChI=1S/C40H48N7O6S3Si/c1-6-45-31-12-11-24-17-28(31)29(35(45)26-9-7-14-41-34(26)32(20-54)52-5)18-40(2,3)23-53-37(48)27-10-8-15-47(43-36(27)55)39(50)57(22-33-42-30(24)21-56-33)44-38(49)46-16-13-25(46)19-51-4/h7,9,11-12,14,17,20-21,25,27,32H,6,8,10,13,15-16,18-19,22-23H2,1-5H3,(H,43,55)(H,44,49)/t25-,27-,32+/m1/s1. The average molecular weight is 847 g/mol. The largest absolute Gasteiger partial charge is 0.465 e. The van der Waals surface area contributed by atoms with Crippen molar-refractivity contribution < 1.29 is 28.6 Å². The van der Waals surface area contributed by atoms with Crippen LogP contribution in [0.1, 0.15) is 62.4 Å². The van der Waals surface area contributed by atoms with Crippen molar-refractivity contribution in [2.24, 2.45) is 11.3 Å². The van der Waals surface area contributed by atoms with Crippen molar-refractivity contribution in [3.63, 3.8) is 0 Å². The molecule has 0 spiro atoms. The molecule has 3 amide bonds. The number of rotatable bonds is 8. The molecule has 57 heavy (non-hydrogen) atoms. The Bertz CT molecular complexity index is 2190. The Morgan fingerprint density at radius 3 is 2.77 bits per heavy atom. The third-order valence-electron chi connectivity index (χ3n) is 10.9. The number of pyridine rings is 1. The van der Waals surface area contributed by atoms with Gasteiger partial charge in [-0.2, -0.15) is 0 Å². The molecule has 7 rings (SSSR count). The van der Waals surface area contributed by atoms with Crippen molar-refractivity contribution >= 4 is 83.5 Å². The first-order valence-corrected chi connectivity index (χ1v) is 22.7. The molecule has 3 aromatic heterocycles. The van der Waals surface area contributed by atoms with Crippen LogP contribution in [0, 0.1) is 11.3 Å². The van der Waals surface area contributed by atoms with Crippen LogP contribution in [0.15, 0.2) is 41.9 Å². The number of nitrogens with zero attached hydrogens (tertiary/aromatic N) is 5. The van der Waals surface area contributed by atoms with Crippen LogP contribution in [0.3, 0.4) is 0 Å². The lowest BCUT2D eigenvalue weighted by Crippen LogP contribution is -2.63. The van der Waals surface area contributed by atoms with Crippen molar-refractivity contribution in [2.75, 3.05) is 40.5 Å². The summed E-state index contributed by atoms with van der Waals surface area (Å²) < 4.78 is 19.5. The highest BCUT2D eigenvalue weighted by Crippen LogP contribution is 2.42. The fourth-order valence-electron chi connectivity index (χ4n) is 7.89. The van der Waals surface area contributed by atoms with Gasteiger partial charge in [-0.05, 0) is 62.4 Å². The Morgan fingerprint density at radius 2 is 2.05 bits per heavy atom. The third-order valence-corrected chi connectivity index (χ3v) is 14.6. The van der Waals surface area contributed by atoms with E-state index in [4.69, 9.17) is 48.6 Å². The zero-order valence-corrected chi connectivity index (χ0v) is 36.3. The Morgan fingerprint density at radius 1 is 1.23 bits per heavy atom. The number of ether oxygens (including phenoxy) is 3. The lowest BCUT2D eigenvalue weighted by atomic mass is 9.84. The van der Waals surface area contributed by atoms with Gasteiger partial charge in [0.05, 0.1) is 41.3 Å². The second-order valence-electron chi connectivity index (χ2n) is 15.4. The number of urea groups is 1. The number of hydrogen-bond donors (Lipinski definition) is 2. The number of hydrazine groups is 1. The van der Waals surface area contributed by atoms with Gasteiger partial charge in [-0.1, -0.05) is 44.3 Å². The molecule has 1 aromatic carbocycles. The SMILES string of the molecule is CCn1c(-c2cccnc2[C@H](C=S)OC)c2c3cc(ccc31)-c1csc(n1)C[Si](NC(=O)N1CC[C@@H]1COC)C(=O)N1CCC[C@@H](C(=O)OCC(C)(C)C2)C(=S)N1. The van der Waals surface area contributed by atoms with Gasteiger partial charge in [0.1, 0.15) is 17.0 Å². The van der Waals surface area contributed by atoms with E-state index in [2.05, 4.69) is 60.0 Å². The Balaban J connectivity index is 1.35. The minimum atomic E-state index is -2.30. The van der Waals surface area contributed by atoms with Crippen LogP contribution in [-0.4, -0.2) is 108 Å². The summed E-state index contributed by atoms with van der Waals surface area (Å²) in [6.07, 6.45) is 3.60. The van der Waals surface area contributed by atoms with Gasteiger partial charge in [-0.15, -0.1) is 11.3 Å². The smallest absolute Gasteiger partial charge is 0.315 e. The van der Waals surface area contributed by atoms with Crippen molar-refractivity contribution in [1.82, 2.24) is 34.9 Å². The summed E-state index contributed by atoms with van der Waals surface area (Å²) in [7, 11) is 0.942. The van der Waals surface area contributed by atoms with Gasteiger partial charge in [0.15, 0.2) is 0 Å². The van der Waals surface area contributed by atoms with E-state index in [9.17, 15) is 14.4 Å². The molecule has 3 aliphatic heterocycles. The maximum absolute atomic E-state index is 14.4. The zero-order chi connectivity index (χ0) is 40.4. The first-order valence-electron chi connectivity index (χ1n) is 19.2. The Kier molecular flexibility index (Phi) is 12.5. The van der Waals surface area contributed by atoms with Crippen LogP contribution in [0.25, 0.3) is 33.4 Å². The van der Waals surface area contributed by atoms with Gasteiger partial charge in [0.2, 0.25) is 5.53 Å². The first kappa shape index (κ1) is 41.0. The first-order chi connectivity index (χ1) is 27.5. The average Bonchev–Trinajstić information content (AvgIpc) is 3.71. The van der Waals surface area contributed by atoms with Crippen molar-refractivity contribution in [3.05, 3.63) is 58.2 Å². The topological polar surface area (TPSA) is 140 Å². The molecule has 6 bridgehead atoms. The van der Waals surface area contributed by atoms with Crippen LogP contribution in [0.4, 0.5) is 9.59 Å². The monoisotopic (exact) mass is 846 g/mol. The molecule has 2 saturated heterocycles. The number of aromatic nitrogens is 3. The van der Waals surface area contributed by atoms with Crippen molar-refractivity contribution in [1.29, 1.82) is 0 Å². The normalized spacial score (nSPS) is 20.9. The second kappa shape index (κ2) is 17.4. The van der Waals surface area contributed by atoms with Crippen LogP contribution in [-0.2, 0) is 38.0 Å². The summed E-state index contributed by atoms with van der Waals surface area (Å²) in [4.78, 5) is 56.6. The molecule has 3 atom stereocenters. The maximum Gasteiger partial charge on any atom is 0.315 e. The zero-order valence-electron chi connectivity index (χ0n) is 32.8. The number of benzene rings is 1. The van der Waals surface area contributed by atoms with E-state index in [0.29, 0.717) is 45.5 Å². The summed E-state index contributed by atoms with van der Waals surface area (Å²) in [5, 5.41) is 6.85. The van der Waals surface area contributed by atoms with Crippen molar-refractivity contribution in [2.45, 2.75) is 71.2 Å². The van der Waals surface area contributed by atoms with Crippen LogP contribution in [0.2, 0.25) is 0 Å². The molecule has 4 aromatic rings. The number of methoxy groups -OCH3 is 2. The number of amides is 3. The number of carbonyl (C=O) groups excluding carboxylic acids is 3. The molecule has 1 radical (unpaired) electrons. The molecular formula is C40H48N7O6S3Si. The van der Waals surface area contributed by atoms with Gasteiger partial charge in [0, 0.05) is 84.3 Å². The lowest BCUT2D eigenvalue weighted by Gasteiger charge is -2.41. The number of carbonyl (C=O) groups is 3. The summed E-state index contributed by atoms with van der Waals surface area (Å²) in [5.74, 6) is -1.15. The highest BCUT2D eigenvalue weighted by Gasteiger charge is 2.39. The van der Waals surface area contributed by atoms with E-state index in [0.717, 1.165) is 56.1 Å². The highest BCUT2D eigenvalue weighted by atomic mass is 32.1. The van der Waals surface area contributed by atoms with E-state index < -0.39 is 32.4 Å². The Hall–Kier alpha value is -4.13. The number of thiazole rings is 1. The Labute approximate surface area is 349 Å². The molecule has 2 N–H and O–H groups in total. The minimum absolute atomic E-state index is 0.0443. The van der Waals surface area contributed by atoms with Gasteiger partial charge in [0.25, 0.3) is 8.96 Å². The summed E-state index contributed by atoms with van der Waals surface area (Å²) >= 11 is 12.6. The maximum atomic E-state index is 14.4. The van der Waals surface area contributed by atoms with Crippen LogP contribution in [0.5, 0.6) is 0 Å². The predicted octanol–water partition coefficient (Wildman–Crippen LogP) is 6.41. The van der Waals surface area contributed by atoms with Gasteiger partial charge in [-0.3, -0.25) is 25.0 Å². The number of hydrogen-bond acceptors (Lipinski definition) is 11. The van der Waals surface area contributed by atoms with E-state index in [1.807, 2.05) is 11.4 Å². The summed E-state index contributed by atoms with van der Waals surface area (Å²) in [6, 6.07) is 10.3. The molecule has 17 heteroatoms. The van der Waals surface area contributed by atoms with E-state index in [-0.39, 0.29) is 35.2 Å². The molecule has 3 aliphatic rings. The molecule has 0 unspecified atom stereocenters. The van der Waals surface area contributed by atoms with E-state index >= 15 is 0 Å². The van der Waals surface area contributed by atoms with E-state index in [1.54, 1.807) is 30.7 Å². The van der Waals surface area contributed by atoms with E-state index in [1.165, 1.54) is 16.3 Å². The molecule has 13 nitrogen and oxygen atoms in total. The number of aryl methyl sites for hydroxylation is 1.